The second-order valence-electron chi connectivity index (χ2n) is 7.11. The first-order chi connectivity index (χ1) is 11.2. The van der Waals surface area contributed by atoms with Gasteiger partial charge >= 0.3 is 5.97 Å². The van der Waals surface area contributed by atoms with Crippen molar-refractivity contribution in [3.8, 4) is 5.75 Å². The van der Waals surface area contributed by atoms with Crippen molar-refractivity contribution in [2.75, 3.05) is 6.61 Å². The topological polar surface area (TPSA) is 59.4 Å². The fourth-order valence-corrected chi connectivity index (χ4v) is 4.01. The molecule has 2 atom stereocenters. The van der Waals surface area contributed by atoms with Gasteiger partial charge in [-0.3, -0.25) is 9.78 Å². The van der Waals surface area contributed by atoms with Crippen molar-refractivity contribution in [2.45, 2.75) is 63.7 Å². The van der Waals surface area contributed by atoms with Crippen LogP contribution in [0.4, 0.5) is 0 Å². The van der Waals surface area contributed by atoms with Gasteiger partial charge < -0.3 is 9.84 Å². The first kappa shape index (κ1) is 16.3. The molecule has 2 unspecified atom stereocenters. The van der Waals surface area contributed by atoms with Crippen LogP contribution >= 0.6 is 0 Å². The lowest BCUT2D eigenvalue weighted by molar-refractivity contribution is -0.141. The van der Waals surface area contributed by atoms with Gasteiger partial charge in [0.15, 0.2) is 0 Å². The number of carboxylic acids is 1. The summed E-state index contributed by atoms with van der Waals surface area (Å²) in [5.74, 6) is 1.08. The molecule has 1 aromatic heterocycles. The molecule has 4 heteroatoms. The predicted octanol–water partition coefficient (Wildman–Crippen LogP) is 4.40. The van der Waals surface area contributed by atoms with E-state index >= 15 is 0 Å². The lowest BCUT2D eigenvalue weighted by Crippen LogP contribution is -2.11. The van der Waals surface area contributed by atoms with E-state index in [1.165, 1.54) is 32.1 Å². The summed E-state index contributed by atoms with van der Waals surface area (Å²) < 4.78 is 5.83. The standard InChI is InChI=1S/C19H27NO3/c21-19(22)16-7-6-15(12-16)18-9-8-17(13-20-18)23-11-10-14-4-2-1-3-5-14/h8-9,13-16H,1-7,10-12H2,(H,21,22). The Kier molecular flexibility index (Phi) is 5.52. The number of aliphatic carboxylic acids is 1. The Balaban J connectivity index is 1.44. The first-order valence-corrected chi connectivity index (χ1v) is 9.04. The summed E-state index contributed by atoms with van der Waals surface area (Å²) in [6.07, 6.45) is 12.2. The van der Waals surface area contributed by atoms with Crippen LogP contribution < -0.4 is 4.74 Å². The second kappa shape index (κ2) is 7.80. The Morgan fingerprint density at radius 3 is 2.65 bits per heavy atom. The number of pyridine rings is 1. The smallest absolute Gasteiger partial charge is 0.306 e. The van der Waals surface area contributed by atoms with E-state index in [2.05, 4.69) is 4.98 Å². The number of rotatable bonds is 6. The number of hydrogen-bond acceptors (Lipinski definition) is 3. The molecule has 126 valence electrons. The maximum absolute atomic E-state index is 11.0. The Hall–Kier alpha value is -1.58. The summed E-state index contributed by atoms with van der Waals surface area (Å²) >= 11 is 0. The van der Waals surface area contributed by atoms with Gasteiger partial charge in [0.25, 0.3) is 0 Å². The minimum absolute atomic E-state index is 0.201. The van der Waals surface area contributed by atoms with E-state index in [4.69, 9.17) is 9.84 Å². The molecule has 0 saturated heterocycles. The summed E-state index contributed by atoms with van der Waals surface area (Å²) in [5.41, 5.74) is 1.01. The average Bonchev–Trinajstić information content (AvgIpc) is 3.07. The molecule has 1 aromatic rings. The van der Waals surface area contributed by atoms with Crippen LogP contribution in [0.3, 0.4) is 0 Å². The molecule has 0 radical (unpaired) electrons. The third-order valence-electron chi connectivity index (χ3n) is 5.48. The number of hydrogen-bond donors (Lipinski definition) is 1. The van der Waals surface area contributed by atoms with E-state index in [1.807, 2.05) is 12.1 Å². The highest BCUT2D eigenvalue weighted by molar-refractivity contribution is 5.70. The van der Waals surface area contributed by atoms with E-state index < -0.39 is 5.97 Å². The van der Waals surface area contributed by atoms with Crippen molar-refractivity contribution in [3.05, 3.63) is 24.0 Å². The average molecular weight is 317 g/mol. The van der Waals surface area contributed by atoms with Crippen LogP contribution in [-0.4, -0.2) is 22.7 Å². The molecular formula is C19H27NO3. The van der Waals surface area contributed by atoms with Gasteiger partial charge in [-0.05, 0) is 43.7 Å². The summed E-state index contributed by atoms with van der Waals surface area (Å²) in [4.78, 5) is 15.5. The van der Waals surface area contributed by atoms with Crippen molar-refractivity contribution in [1.82, 2.24) is 4.98 Å². The largest absolute Gasteiger partial charge is 0.492 e. The highest BCUT2D eigenvalue weighted by Gasteiger charge is 2.31. The number of ether oxygens (including phenoxy) is 1. The van der Waals surface area contributed by atoms with Crippen molar-refractivity contribution in [2.24, 2.45) is 11.8 Å². The van der Waals surface area contributed by atoms with Gasteiger partial charge in [0.05, 0.1) is 18.7 Å². The summed E-state index contributed by atoms with van der Waals surface area (Å²) in [6.45, 7) is 0.774. The molecule has 2 fully saturated rings. The van der Waals surface area contributed by atoms with Crippen LogP contribution in [0.25, 0.3) is 0 Å². The maximum Gasteiger partial charge on any atom is 0.306 e. The number of nitrogens with zero attached hydrogens (tertiary/aromatic N) is 1. The van der Waals surface area contributed by atoms with Crippen LogP contribution in [0, 0.1) is 11.8 Å². The number of carboxylic acid groups (broad SMARTS) is 1. The van der Waals surface area contributed by atoms with Crippen molar-refractivity contribution in [3.63, 3.8) is 0 Å². The van der Waals surface area contributed by atoms with Gasteiger partial charge in [-0.2, -0.15) is 0 Å². The molecular weight excluding hydrogens is 290 g/mol. The molecule has 0 spiro atoms. The van der Waals surface area contributed by atoms with Gasteiger partial charge in [0.2, 0.25) is 0 Å². The van der Waals surface area contributed by atoms with Crippen molar-refractivity contribution in [1.29, 1.82) is 0 Å². The van der Waals surface area contributed by atoms with Crippen LogP contribution in [0.15, 0.2) is 18.3 Å². The third kappa shape index (κ3) is 4.46. The third-order valence-corrected chi connectivity index (χ3v) is 5.48. The summed E-state index contributed by atoms with van der Waals surface area (Å²) in [5, 5.41) is 9.09. The lowest BCUT2D eigenvalue weighted by Gasteiger charge is -2.21. The number of carbonyl (C=O) groups is 1. The summed E-state index contributed by atoms with van der Waals surface area (Å²) in [6, 6.07) is 3.99. The molecule has 2 aliphatic rings. The normalized spacial score (nSPS) is 25.4. The van der Waals surface area contributed by atoms with E-state index in [1.54, 1.807) is 6.20 Å². The van der Waals surface area contributed by atoms with Gasteiger partial charge in [0, 0.05) is 11.6 Å². The molecule has 1 N–H and O–H groups in total. The molecule has 4 nitrogen and oxygen atoms in total. The fraction of sp³-hybridized carbons (Fsp3) is 0.684. The van der Waals surface area contributed by atoms with Gasteiger partial charge in [-0.1, -0.05) is 32.1 Å². The van der Waals surface area contributed by atoms with Crippen LogP contribution in [0.2, 0.25) is 0 Å². The predicted molar refractivity (Wildman–Crippen MR) is 88.6 cm³/mol. The van der Waals surface area contributed by atoms with E-state index in [9.17, 15) is 4.79 Å². The van der Waals surface area contributed by atoms with Crippen LogP contribution in [-0.2, 0) is 4.79 Å². The fourth-order valence-electron chi connectivity index (χ4n) is 4.01. The second-order valence-corrected chi connectivity index (χ2v) is 7.11. The Morgan fingerprint density at radius 2 is 2.00 bits per heavy atom. The molecule has 3 rings (SSSR count). The molecule has 0 aromatic carbocycles. The van der Waals surface area contributed by atoms with E-state index in [0.717, 1.165) is 43.2 Å². The van der Waals surface area contributed by atoms with Crippen LogP contribution in [0.5, 0.6) is 5.75 Å². The first-order valence-electron chi connectivity index (χ1n) is 9.04. The van der Waals surface area contributed by atoms with E-state index in [0.29, 0.717) is 6.42 Å². The molecule has 1 heterocycles. The zero-order valence-corrected chi connectivity index (χ0v) is 13.7. The molecule has 0 amide bonds. The minimum atomic E-state index is -0.671. The molecule has 0 aliphatic heterocycles. The number of aromatic nitrogens is 1. The Bertz CT molecular complexity index is 508. The molecule has 2 aliphatic carbocycles. The monoisotopic (exact) mass is 317 g/mol. The minimum Gasteiger partial charge on any atom is -0.492 e. The van der Waals surface area contributed by atoms with Gasteiger partial charge in [-0.25, -0.2) is 0 Å². The molecule has 2 saturated carbocycles. The quantitative estimate of drug-likeness (QED) is 0.845. The Labute approximate surface area is 138 Å². The van der Waals surface area contributed by atoms with Gasteiger partial charge in [-0.15, -0.1) is 0 Å². The summed E-state index contributed by atoms with van der Waals surface area (Å²) in [7, 11) is 0. The van der Waals surface area contributed by atoms with E-state index in [-0.39, 0.29) is 11.8 Å². The van der Waals surface area contributed by atoms with Crippen molar-refractivity contribution < 1.29 is 14.6 Å². The van der Waals surface area contributed by atoms with Crippen LogP contribution in [0.1, 0.15) is 69.4 Å². The Morgan fingerprint density at radius 1 is 1.17 bits per heavy atom. The lowest BCUT2D eigenvalue weighted by atomic mass is 9.87. The zero-order valence-electron chi connectivity index (χ0n) is 13.7. The highest BCUT2D eigenvalue weighted by Crippen LogP contribution is 2.37. The molecule has 23 heavy (non-hydrogen) atoms. The van der Waals surface area contributed by atoms with Gasteiger partial charge in [0.1, 0.15) is 5.75 Å². The SMILES string of the molecule is O=C(O)C1CCC(c2ccc(OCCC3CCCCC3)cn2)C1. The highest BCUT2D eigenvalue weighted by atomic mass is 16.5. The zero-order chi connectivity index (χ0) is 16.1. The molecule has 0 bridgehead atoms. The maximum atomic E-state index is 11.0. The van der Waals surface area contributed by atoms with Crippen molar-refractivity contribution >= 4 is 5.97 Å².